The highest BCUT2D eigenvalue weighted by molar-refractivity contribution is 5.76. The number of rotatable bonds is 5. The Morgan fingerprint density at radius 2 is 1.93 bits per heavy atom. The van der Waals surface area contributed by atoms with Crippen LogP contribution < -0.4 is 9.64 Å². The van der Waals surface area contributed by atoms with Crippen LogP contribution in [0.5, 0.6) is 5.75 Å². The smallest absolute Gasteiger partial charge is 0.222 e. The molecule has 146 valence electrons. The molecular weight excluding hydrogens is 356 g/mol. The maximum absolute atomic E-state index is 12.7. The van der Waals surface area contributed by atoms with Crippen molar-refractivity contribution in [1.29, 1.82) is 0 Å². The highest BCUT2D eigenvalue weighted by Crippen LogP contribution is 2.16. The number of ether oxygens (including phenoxy) is 1. The van der Waals surface area contributed by atoms with E-state index in [9.17, 15) is 4.79 Å². The predicted molar refractivity (Wildman–Crippen MR) is 106 cm³/mol. The van der Waals surface area contributed by atoms with Gasteiger partial charge in [-0.2, -0.15) is 4.52 Å². The standard InChI is InChI=1S/C20H24N6O2/c1-28-17-6-3-16(4-7-17)5-10-20(27)25-12-2-11-24(13-14-25)19-9-8-18-22-21-15-26(18)23-19/h3-4,6-9,15H,2,5,10-14H2,1H3. The van der Waals surface area contributed by atoms with Crippen molar-refractivity contribution in [3.8, 4) is 5.75 Å². The lowest BCUT2D eigenvalue weighted by atomic mass is 10.1. The summed E-state index contributed by atoms with van der Waals surface area (Å²) in [6.07, 6.45) is 3.80. The van der Waals surface area contributed by atoms with E-state index < -0.39 is 0 Å². The third-order valence-corrected chi connectivity index (χ3v) is 5.11. The lowest BCUT2D eigenvalue weighted by Crippen LogP contribution is -2.35. The van der Waals surface area contributed by atoms with Crippen molar-refractivity contribution in [3.05, 3.63) is 48.3 Å². The fourth-order valence-corrected chi connectivity index (χ4v) is 3.48. The van der Waals surface area contributed by atoms with Crippen molar-refractivity contribution in [2.45, 2.75) is 19.3 Å². The summed E-state index contributed by atoms with van der Waals surface area (Å²) in [5.74, 6) is 1.93. The minimum Gasteiger partial charge on any atom is -0.497 e. The molecule has 0 N–H and O–H groups in total. The molecule has 1 aromatic carbocycles. The van der Waals surface area contributed by atoms with Gasteiger partial charge >= 0.3 is 0 Å². The van der Waals surface area contributed by atoms with E-state index >= 15 is 0 Å². The minimum absolute atomic E-state index is 0.208. The summed E-state index contributed by atoms with van der Waals surface area (Å²) in [5, 5.41) is 12.4. The number of benzene rings is 1. The second-order valence-corrected chi connectivity index (χ2v) is 6.89. The van der Waals surface area contributed by atoms with E-state index in [4.69, 9.17) is 4.74 Å². The number of nitrogens with zero attached hydrogens (tertiary/aromatic N) is 6. The Bertz CT molecular complexity index is 939. The van der Waals surface area contributed by atoms with E-state index in [1.165, 1.54) is 0 Å². The van der Waals surface area contributed by atoms with Crippen LogP contribution in [-0.2, 0) is 11.2 Å². The van der Waals surface area contributed by atoms with Gasteiger partial charge in [-0.15, -0.1) is 15.3 Å². The molecule has 1 aliphatic heterocycles. The summed E-state index contributed by atoms with van der Waals surface area (Å²) in [5.41, 5.74) is 1.88. The molecule has 1 amide bonds. The predicted octanol–water partition coefficient (Wildman–Crippen LogP) is 1.80. The van der Waals surface area contributed by atoms with Crippen molar-refractivity contribution in [1.82, 2.24) is 24.7 Å². The summed E-state index contributed by atoms with van der Waals surface area (Å²) >= 11 is 0. The van der Waals surface area contributed by atoms with Crippen LogP contribution in [0.3, 0.4) is 0 Å². The first-order valence-electron chi connectivity index (χ1n) is 9.55. The van der Waals surface area contributed by atoms with Crippen LogP contribution in [0.15, 0.2) is 42.7 Å². The summed E-state index contributed by atoms with van der Waals surface area (Å²) in [6, 6.07) is 11.8. The normalized spacial score (nSPS) is 14.9. The Kier molecular flexibility index (Phi) is 5.36. The fraction of sp³-hybridized carbons (Fsp3) is 0.400. The Morgan fingerprint density at radius 3 is 2.75 bits per heavy atom. The first kappa shape index (κ1) is 18.2. The lowest BCUT2D eigenvalue weighted by Gasteiger charge is -2.22. The molecular formula is C20H24N6O2. The number of hydrogen-bond acceptors (Lipinski definition) is 6. The highest BCUT2D eigenvalue weighted by atomic mass is 16.5. The van der Waals surface area contributed by atoms with Crippen LogP contribution in [0.4, 0.5) is 5.82 Å². The second kappa shape index (κ2) is 8.24. The first-order valence-corrected chi connectivity index (χ1v) is 9.55. The summed E-state index contributed by atoms with van der Waals surface area (Å²) in [4.78, 5) is 16.9. The Labute approximate surface area is 163 Å². The molecule has 28 heavy (non-hydrogen) atoms. The minimum atomic E-state index is 0.208. The van der Waals surface area contributed by atoms with Crippen LogP contribution in [0.1, 0.15) is 18.4 Å². The largest absolute Gasteiger partial charge is 0.497 e. The van der Waals surface area contributed by atoms with Crippen molar-refractivity contribution in [3.63, 3.8) is 0 Å². The molecule has 0 bridgehead atoms. The zero-order valence-corrected chi connectivity index (χ0v) is 16.0. The van der Waals surface area contributed by atoms with Crippen LogP contribution >= 0.6 is 0 Å². The van der Waals surface area contributed by atoms with E-state index in [-0.39, 0.29) is 5.91 Å². The maximum Gasteiger partial charge on any atom is 0.222 e. The van der Waals surface area contributed by atoms with E-state index in [0.717, 1.165) is 55.3 Å². The number of fused-ring (bicyclic) bond motifs is 1. The van der Waals surface area contributed by atoms with Crippen molar-refractivity contribution in [2.24, 2.45) is 0 Å². The molecule has 1 aliphatic rings. The molecule has 0 atom stereocenters. The number of carbonyl (C=O) groups excluding carboxylic acids is 1. The molecule has 8 nitrogen and oxygen atoms in total. The average Bonchev–Trinajstić information content (AvgIpc) is 3.07. The van der Waals surface area contributed by atoms with Gasteiger partial charge < -0.3 is 14.5 Å². The van der Waals surface area contributed by atoms with Gasteiger partial charge in [-0.1, -0.05) is 12.1 Å². The molecule has 0 aliphatic carbocycles. The number of methoxy groups -OCH3 is 1. The fourth-order valence-electron chi connectivity index (χ4n) is 3.48. The van der Waals surface area contributed by atoms with Crippen LogP contribution in [0.2, 0.25) is 0 Å². The van der Waals surface area contributed by atoms with Gasteiger partial charge in [0, 0.05) is 32.6 Å². The molecule has 3 heterocycles. The van der Waals surface area contributed by atoms with Crippen molar-refractivity contribution in [2.75, 3.05) is 38.2 Å². The molecule has 8 heteroatoms. The number of anilines is 1. The van der Waals surface area contributed by atoms with Crippen LogP contribution in [-0.4, -0.2) is 63.9 Å². The van der Waals surface area contributed by atoms with Crippen molar-refractivity contribution >= 4 is 17.4 Å². The summed E-state index contributed by atoms with van der Waals surface area (Å²) in [7, 11) is 1.65. The second-order valence-electron chi connectivity index (χ2n) is 6.89. The molecule has 0 radical (unpaired) electrons. The van der Waals surface area contributed by atoms with Gasteiger partial charge in [0.1, 0.15) is 17.9 Å². The SMILES string of the molecule is COc1ccc(CCC(=O)N2CCCN(c3ccc4nncn4n3)CC2)cc1. The topological polar surface area (TPSA) is 75.9 Å². The van der Waals surface area contributed by atoms with Gasteiger partial charge in [0.25, 0.3) is 0 Å². The molecule has 3 aromatic rings. The van der Waals surface area contributed by atoms with Crippen LogP contribution in [0, 0.1) is 0 Å². The quantitative estimate of drug-likeness (QED) is 0.672. The van der Waals surface area contributed by atoms with E-state index in [1.807, 2.05) is 41.3 Å². The third-order valence-electron chi connectivity index (χ3n) is 5.11. The van der Waals surface area contributed by atoms with E-state index in [0.29, 0.717) is 13.0 Å². The molecule has 4 rings (SSSR count). The number of aryl methyl sites for hydroxylation is 1. The Balaban J connectivity index is 1.33. The van der Waals surface area contributed by atoms with Gasteiger partial charge in [0.05, 0.1) is 7.11 Å². The van der Waals surface area contributed by atoms with Gasteiger partial charge in [-0.3, -0.25) is 4.79 Å². The maximum atomic E-state index is 12.7. The van der Waals surface area contributed by atoms with E-state index in [1.54, 1.807) is 18.0 Å². The molecule has 0 spiro atoms. The summed E-state index contributed by atoms with van der Waals surface area (Å²) < 4.78 is 6.85. The number of aromatic nitrogens is 4. The van der Waals surface area contributed by atoms with Gasteiger partial charge in [-0.05, 0) is 42.7 Å². The van der Waals surface area contributed by atoms with E-state index in [2.05, 4.69) is 20.2 Å². The van der Waals surface area contributed by atoms with Crippen LogP contribution in [0.25, 0.3) is 5.65 Å². The highest BCUT2D eigenvalue weighted by Gasteiger charge is 2.20. The zero-order valence-electron chi connectivity index (χ0n) is 16.0. The van der Waals surface area contributed by atoms with Gasteiger partial charge in [-0.25, -0.2) is 0 Å². The number of carbonyl (C=O) groups is 1. The van der Waals surface area contributed by atoms with Crippen molar-refractivity contribution < 1.29 is 9.53 Å². The average molecular weight is 380 g/mol. The molecule has 0 saturated carbocycles. The molecule has 1 saturated heterocycles. The summed E-state index contributed by atoms with van der Waals surface area (Å²) in [6.45, 7) is 3.15. The number of amides is 1. The molecule has 1 fully saturated rings. The Morgan fingerprint density at radius 1 is 1.07 bits per heavy atom. The Hall–Kier alpha value is -3.16. The third kappa shape index (κ3) is 4.05. The lowest BCUT2D eigenvalue weighted by molar-refractivity contribution is -0.130. The zero-order chi connectivity index (χ0) is 19.3. The first-order chi connectivity index (χ1) is 13.7. The molecule has 0 unspecified atom stereocenters. The number of hydrogen-bond donors (Lipinski definition) is 0. The monoisotopic (exact) mass is 380 g/mol. The molecule has 2 aromatic heterocycles. The van der Waals surface area contributed by atoms with Gasteiger partial charge in [0.15, 0.2) is 5.65 Å². The van der Waals surface area contributed by atoms with Gasteiger partial charge in [0.2, 0.25) is 5.91 Å².